The largest absolute Gasteiger partial charge is 0.337 e. The Kier molecular flexibility index (Phi) is 4.29. The molecule has 4 fully saturated rings. The van der Waals surface area contributed by atoms with E-state index in [1.807, 2.05) is 4.90 Å². The monoisotopic (exact) mass is 334 g/mol. The zero-order chi connectivity index (χ0) is 16.7. The van der Waals surface area contributed by atoms with Crippen molar-refractivity contribution in [2.45, 2.75) is 38.1 Å². The van der Waals surface area contributed by atoms with E-state index in [4.69, 9.17) is 0 Å². The molecular weight excluding hydrogens is 310 g/mol. The number of fused-ring (bicyclic) bond motifs is 4. The van der Waals surface area contributed by atoms with E-state index in [1.165, 1.54) is 25.3 Å². The average molecular weight is 334 g/mol. The third-order valence-corrected chi connectivity index (χ3v) is 6.00. The molecule has 2 atom stereocenters. The molecule has 5 heteroatoms. The minimum absolute atomic E-state index is 0.170. The number of piperidine rings is 1. The van der Waals surface area contributed by atoms with Crippen LogP contribution in [0.5, 0.6) is 0 Å². The van der Waals surface area contributed by atoms with E-state index in [0.717, 1.165) is 50.5 Å². The Balaban J connectivity index is 1.48. The Labute approximate surface area is 141 Å². The van der Waals surface area contributed by atoms with Crippen LogP contribution in [-0.2, 0) is 0 Å². The quantitative estimate of drug-likeness (QED) is 0.847. The maximum Gasteiger partial charge on any atom is 0.254 e. The molecule has 1 aromatic carbocycles. The molecule has 0 unspecified atom stereocenters. The van der Waals surface area contributed by atoms with Gasteiger partial charge in [-0.3, -0.25) is 9.69 Å². The lowest BCUT2D eigenvalue weighted by Crippen LogP contribution is -2.47. The van der Waals surface area contributed by atoms with Crippen LogP contribution in [0.1, 0.15) is 42.5 Å². The fourth-order valence-corrected chi connectivity index (χ4v) is 4.39. The van der Waals surface area contributed by atoms with Gasteiger partial charge in [0.1, 0.15) is 0 Å². The van der Waals surface area contributed by atoms with Gasteiger partial charge in [-0.25, -0.2) is 8.78 Å². The van der Waals surface area contributed by atoms with Crippen molar-refractivity contribution in [2.75, 3.05) is 26.2 Å². The molecule has 2 bridgehead atoms. The summed E-state index contributed by atoms with van der Waals surface area (Å²) in [6.45, 7) is 3.67. The molecule has 0 spiro atoms. The molecule has 0 radical (unpaired) electrons. The van der Waals surface area contributed by atoms with E-state index >= 15 is 0 Å². The molecule has 5 rings (SSSR count). The van der Waals surface area contributed by atoms with Crippen LogP contribution in [0.4, 0.5) is 8.78 Å². The summed E-state index contributed by atoms with van der Waals surface area (Å²) in [5.41, 5.74) is 0.251. The van der Waals surface area contributed by atoms with Gasteiger partial charge >= 0.3 is 0 Å². The number of carbonyl (C=O) groups is 1. The Hall–Kier alpha value is -1.49. The zero-order valence-electron chi connectivity index (χ0n) is 13.9. The van der Waals surface area contributed by atoms with E-state index in [1.54, 1.807) is 0 Å². The van der Waals surface area contributed by atoms with Gasteiger partial charge in [-0.1, -0.05) is 6.42 Å². The Morgan fingerprint density at radius 1 is 1.04 bits per heavy atom. The number of nitrogens with zero attached hydrogens (tertiary/aromatic N) is 2. The summed E-state index contributed by atoms with van der Waals surface area (Å²) < 4.78 is 26.6. The van der Waals surface area contributed by atoms with Crippen molar-refractivity contribution in [1.29, 1.82) is 0 Å². The standard InChI is InChI=1S/C19H24F2N2O/c20-17-7-5-15(8-18(17)21)19(24)23-11-14-4-6-16(12-23)22(10-14)9-13-2-1-3-13/h5,7-8,13-14,16H,1-4,6,9-12H2/t14-,16-/m0/s1. The van der Waals surface area contributed by atoms with E-state index in [-0.39, 0.29) is 11.5 Å². The summed E-state index contributed by atoms with van der Waals surface area (Å²) in [6.07, 6.45) is 6.33. The predicted octanol–water partition coefficient (Wildman–Crippen LogP) is 3.30. The smallest absolute Gasteiger partial charge is 0.254 e. The van der Waals surface area contributed by atoms with E-state index in [2.05, 4.69) is 4.90 Å². The SMILES string of the molecule is O=C(c1ccc(F)c(F)c1)N1C[C@H]2CC[C@@H](C1)N(CC1CCC1)C2. The van der Waals surface area contributed by atoms with Crippen molar-refractivity contribution in [3.8, 4) is 0 Å². The second-order valence-electron chi connectivity index (χ2n) is 7.69. The van der Waals surface area contributed by atoms with Gasteiger partial charge < -0.3 is 4.90 Å². The molecule has 130 valence electrons. The van der Waals surface area contributed by atoms with Crippen LogP contribution in [0.25, 0.3) is 0 Å². The summed E-state index contributed by atoms with van der Waals surface area (Å²) in [6, 6.07) is 3.87. The number of amides is 1. The molecule has 1 aliphatic carbocycles. The molecule has 3 nitrogen and oxygen atoms in total. The maximum absolute atomic E-state index is 13.4. The third-order valence-electron chi connectivity index (χ3n) is 6.00. The predicted molar refractivity (Wildman–Crippen MR) is 87.7 cm³/mol. The van der Waals surface area contributed by atoms with Gasteiger partial charge in [0.25, 0.3) is 5.91 Å². The second-order valence-corrected chi connectivity index (χ2v) is 7.69. The van der Waals surface area contributed by atoms with Crippen LogP contribution in [0.3, 0.4) is 0 Å². The molecule has 0 N–H and O–H groups in total. The highest BCUT2D eigenvalue weighted by molar-refractivity contribution is 5.94. The fourth-order valence-electron chi connectivity index (χ4n) is 4.39. The first-order chi connectivity index (χ1) is 11.6. The summed E-state index contributed by atoms with van der Waals surface area (Å²) in [4.78, 5) is 17.2. The van der Waals surface area contributed by atoms with Gasteiger partial charge in [0, 0.05) is 37.8 Å². The van der Waals surface area contributed by atoms with Crippen LogP contribution < -0.4 is 0 Å². The van der Waals surface area contributed by atoms with E-state index < -0.39 is 11.6 Å². The Bertz CT molecular complexity index is 632. The number of benzene rings is 1. The number of halogens is 2. The first kappa shape index (κ1) is 16.0. The average Bonchev–Trinajstić information content (AvgIpc) is 2.84. The van der Waals surface area contributed by atoms with Gasteiger partial charge in [0.2, 0.25) is 0 Å². The summed E-state index contributed by atoms with van der Waals surface area (Å²) in [5.74, 6) is -0.700. The normalized spacial score (nSPS) is 27.8. The highest BCUT2D eigenvalue weighted by Gasteiger charge is 2.38. The molecule has 1 amide bonds. The van der Waals surface area contributed by atoms with Crippen molar-refractivity contribution in [1.82, 2.24) is 9.80 Å². The van der Waals surface area contributed by atoms with Crippen LogP contribution in [0.2, 0.25) is 0 Å². The van der Waals surface area contributed by atoms with Crippen molar-refractivity contribution >= 4 is 5.91 Å². The third kappa shape index (κ3) is 3.06. The van der Waals surface area contributed by atoms with Gasteiger partial charge in [-0.2, -0.15) is 0 Å². The van der Waals surface area contributed by atoms with Crippen molar-refractivity contribution < 1.29 is 13.6 Å². The topological polar surface area (TPSA) is 23.6 Å². The molecule has 1 saturated carbocycles. The van der Waals surface area contributed by atoms with Gasteiger partial charge in [0.15, 0.2) is 11.6 Å². The van der Waals surface area contributed by atoms with Gasteiger partial charge in [-0.05, 0) is 55.7 Å². The molecule has 3 heterocycles. The maximum atomic E-state index is 13.4. The lowest BCUT2D eigenvalue weighted by molar-refractivity contribution is 0.0716. The van der Waals surface area contributed by atoms with Gasteiger partial charge in [-0.15, -0.1) is 0 Å². The molecule has 24 heavy (non-hydrogen) atoms. The van der Waals surface area contributed by atoms with E-state index in [0.29, 0.717) is 18.5 Å². The number of rotatable bonds is 3. The van der Waals surface area contributed by atoms with Crippen LogP contribution in [0.15, 0.2) is 18.2 Å². The highest BCUT2D eigenvalue weighted by atomic mass is 19.2. The van der Waals surface area contributed by atoms with Crippen LogP contribution >= 0.6 is 0 Å². The Morgan fingerprint density at radius 3 is 2.58 bits per heavy atom. The summed E-state index contributed by atoms with van der Waals surface area (Å²) in [7, 11) is 0. The number of carbonyl (C=O) groups excluding carboxylic acids is 1. The molecule has 0 aromatic heterocycles. The fraction of sp³-hybridized carbons (Fsp3) is 0.632. The molecule has 4 aliphatic rings. The minimum atomic E-state index is -0.953. The summed E-state index contributed by atoms with van der Waals surface area (Å²) in [5, 5.41) is 0. The zero-order valence-corrected chi connectivity index (χ0v) is 13.9. The van der Waals surface area contributed by atoms with Crippen molar-refractivity contribution in [3.05, 3.63) is 35.4 Å². The number of hydrogen-bond acceptors (Lipinski definition) is 2. The van der Waals surface area contributed by atoms with Crippen molar-refractivity contribution in [2.24, 2.45) is 11.8 Å². The van der Waals surface area contributed by atoms with Gasteiger partial charge in [0.05, 0.1) is 0 Å². The lowest BCUT2D eigenvalue weighted by Gasteiger charge is -2.40. The second kappa shape index (κ2) is 6.43. The van der Waals surface area contributed by atoms with Crippen molar-refractivity contribution in [3.63, 3.8) is 0 Å². The molecule has 1 aromatic rings. The molecule has 3 aliphatic heterocycles. The first-order valence-corrected chi connectivity index (χ1v) is 9.08. The van der Waals surface area contributed by atoms with E-state index in [9.17, 15) is 13.6 Å². The minimum Gasteiger partial charge on any atom is -0.337 e. The molecule has 3 saturated heterocycles. The Morgan fingerprint density at radius 2 is 1.88 bits per heavy atom. The number of hydrogen-bond donors (Lipinski definition) is 0. The lowest BCUT2D eigenvalue weighted by atomic mass is 9.83. The van der Waals surface area contributed by atoms with Crippen LogP contribution in [-0.4, -0.2) is 47.9 Å². The molecular formula is C19H24F2N2O. The first-order valence-electron chi connectivity index (χ1n) is 9.08. The van der Waals surface area contributed by atoms with Crippen LogP contribution in [0, 0.1) is 23.5 Å². The summed E-state index contributed by atoms with van der Waals surface area (Å²) >= 11 is 0. The highest BCUT2D eigenvalue weighted by Crippen LogP contribution is 2.33.